The summed E-state index contributed by atoms with van der Waals surface area (Å²) in [7, 11) is 1.79. The third-order valence-corrected chi connectivity index (χ3v) is 15.3. The van der Waals surface area contributed by atoms with Crippen LogP contribution in [0.4, 0.5) is 20.3 Å². The summed E-state index contributed by atoms with van der Waals surface area (Å²) in [6.07, 6.45) is 10.2. The number of nitrogens with zero attached hydrogens (tertiary/aromatic N) is 9. The van der Waals surface area contributed by atoms with Gasteiger partial charge in [-0.05, 0) is 131 Å². The summed E-state index contributed by atoms with van der Waals surface area (Å²) in [6, 6.07) is 8.22. The van der Waals surface area contributed by atoms with Gasteiger partial charge < -0.3 is 19.6 Å². The number of carbonyl (C=O) groups excluding carboxylic acids is 5. The number of carbonyl (C=O) groups is 5. The molecule has 8 heterocycles. The van der Waals surface area contributed by atoms with Crippen LogP contribution in [0.2, 0.25) is 0 Å². The predicted molar refractivity (Wildman–Crippen MR) is 246 cm³/mol. The molecule has 0 bridgehead atoms. The first kappa shape index (κ1) is 45.0. The summed E-state index contributed by atoms with van der Waals surface area (Å²) in [5, 5.41) is 11.9. The quantitative estimate of drug-likeness (QED) is 0.168. The third-order valence-electron chi connectivity index (χ3n) is 15.3. The molecule has 1 N–H and O–H groups in total. The average molecular weight is 919 g/mol. The minimum Gasteiger partial charge on any atom is -0.338 e. The second kappa shape index (κ2) is 18.7. The number of anilines is 2. The highest BCUT2D eigenvalue weighted by atomic mass is 19.3. The lowest BCUT2D eigenvalue weighted by Crippen LogP contribution is -2.54. The van der Waals surface area contributed by atoms with Gasteiger partial charge in [-0.3, -0.25) is 43.6 Å². The molecule has 1 atom stereocenters. The van der Waals surface area contributed by atoms with Crippen molar-refractivity contribution in [2.24, 2.45) is 13.0 Å². The van der Waals surface area contributed by atoms with Crippen LogP contribution < -0.4 is 10.2 Å². The van der Waals surface area contributed by atoms with E-state index in [9.17, 15) is 32.8 Å². The monoisotopic (exact) mass is 918 g/mol. The molecular formula is C50H60F2N10O5. The van der Waals surface area contributed by atoms with Crippen molar-refractivity contribution in [1.82, 2.24) is 44.5 Å². The SMILES string of the molecule is CC(=O)N1CCc2c(c(N3CCCc4cc(-c5cnn(C)c5)c(C(F)F)cc43)nn2C2CCN(CCCN3CCC(CCc4cccc5c4C(=O)N(C4CCC(=O)NC4=O)C5=O)CC3)CC2)C1. The molecule has 15 nitrogen and oxygen atoms in total. The summed E-state index contributed by atoms with van der Waals surface area (Å²) < 4.78 is 33.3. The van der Waals surface area contributed by atoms with Crippen LogP contribution in [0.1, 0.15) is 126 Å². The van der Waals surface area contributed by atoms with Crippen LogP contribution in [0.15, 0.2) is 42.7 Å². The largest absolute Gasteiger partial charge is 0.338 e. The van der Waals surface area contributed by atoms with E-state index in [1.54, 1.807) is 43.2 Å². The van der Waals surface area contributed by atoms with E-state index in [1.165, 1.54) is 0 Å². The lowest BCUT2D eigenvalue weighted by atomic mass is 9.89. The van der Waals surface area contributed by atoms with E-state index < -0.39 is 30.2 Å². The van der Waals surface area contributed by atoms with Crippen molar-refractivity contribution in [3.05, 3.63) is 81.8 Å². The number of likely N-dealkylation sites (tertiary alicyclic amines) is 2. The number of piperidine rings is 3. The highest BCUT2D eigenvalue weighted by molar-refractivity contribution is 6.24. The van der Waals surface area contributed by atoms with Crippen molar-refractivity contribution >= 4 is 41.0 Å². The number of aryl methyl sites for hydroxylation is 3. The van der Waals surface area contributed by atoms with Gasteiger partial charge in [0.05, 0.1) is 29.9 Å². The van der Waals surface area contributed by atoms with Crippen molar-refractivity contribution in [3.8, 4) is 11.1 Å². The second-order valence-electron chi connectivity index (χ2n) is 19.4. The normalized spacial score (nSPS) is 21.0. The molecule has 3 fully saturated rings. The van der Waals surface area contributed by atoms with Crippen LogP contribution in [0, 0.1) is 5.92 Å². The zero-order valence-corrected chi connectivity index (χ0v) is 38.5. The molecule has 2 aromatic carbocycles. The Morgan fingerprint density at radius 1 is 0.881 bits per heavy atom. The van der Waals surface area contributed by atoms with E-state index >= 15 is 0 Å². The highest BCUT2D eigenvalue weighted by Gasteiger charge is 2.45. The fourth-order valence-corrected chi connectivity index (χ4v) is 11.6. The molecular weight excluding hydrogens is 859 g/mol. The van der Waals surface area contributed by atoms with Crippen molar-refractivity contribution < 1.29 is 32.8 Å². The number of hydrogen-bond donors (Lipinski definition) is 1. The van der Waals surface area contributed by atoms with Crippen LogP contribution in [0.25, 0.3) is 11.1 Å². The van der Waals surface area contributed by atoms with Crippen LogP contribution >= 0.6 is 0 Å². The first-order valence-electron chi connectivity index (χ1n) is 24.3. The molecule has 67 heavy (non-hydrogen) atoms. The van der Waals surface area contributed by atoms with Gasteiger partial charge in [0.15, 0.2) is 5.82 Å². The maximum absolute atomic E-state index is 14.7. The van der Waals surface area contributed by atoms with Gasteiger partial charge in [0, 0.05) is 87.3 Å². The van der Waals surface area contributed by atoms with Crippen LogP contribution in [-0.2, 0) is 47.2 Å². The number of halogens is 2. The summed E-state index contributed by atoms with van der Waals surface area (Å²) in [5.74, 6) is -0.551. The predicted octanol–water partition coefficient (Wildman–Crippen LogP) is 5.98. The number of rotatable bonds is 12. The number of benzene rings is 2. The second-order valence-corrected chi connectivity index (χ2v) is 19.4. The number of hydrogen-bond acceptors (Lipinski definition) is 10. The van der Waals surface area contributed by atoms with E-state index in [2.05, 4.69) is 29.8 Å². The van der Waals surface area contributed by atoms with Crippen molar-refractivity contribution in [2.75, 3.05) is 57.3 Å². The molecule has 1 unspecified atom stereocenters. The molecule has 4 aromatic rings. The summed E-state index contributed by atoms with van der Waals surface area (Å²) >= 11 is 0. The summed E-state index contributed by atoms with van der Waals surface area (Å²) in [4.78, 5) is 74.0. The Hall–Kier alpha value is -5.81. The van der Waals surface area contributed by atoms with Gasteiger partial charge in [0.1, 0.15) is 6.04 Å². The number of fused-ring (bicyclic) bond motifs is 3. The van der Waals surface area contributed by atoms with Crippen molar-refractivity contribution in [2.45, 2.75) is 109 Å². The Kier molecular flexibility index (Phi) is 12.6. The molecule has 2 aromatic heterocycles. The maximum atomic E-state index is 14.7. The lowest BCUT2D eigenvalue weighted by Gasteiger charge is -2.35. The lowest BCUT2D eigenvalue weighted by molar-refractivity contribution is -0.136. The molecule has 0 spiro atoms. The fourth-order valence-electron chi connectivity index (χ4n) is 11.6. The van der Waals surface area contributed by atoms with E-state index in [0.29, 0.717) is 60.6 Å². The van der Waals surface area contributed by atoms with E-state index in [0.717, 1.165) is 129 Å². The van der Waals surface area contributed by atoms with E-state index in [4.69, 9.17) is 5.10 Å². The first-order chi connectivity index (χ1) is 32.4. The van der Waals surface area contributed by atoms with Gasteiger partial charge in [0.25, 0.3) is 18.2 Å². The molecule has 5 amide bonds. The van der Waals surface area contributed by atoms with Crippen LogP contribution in [0.3, 0.4) is 0 Å². The highest BCUT2D eigenvalue weighted by Crippen LogP contribution is 2.44. The molecule has 10 rings (SSSR count). The van der Waals surface area contributed by atoms with Gasteiger partial charge >= 0.3 is 0 Å². The van der Waals surface area contributed by atoms with Crippen molar-refractivity contribution in [1.29, 1.82) is 0 Å². The minimum atomic E-state index is -2.66. The molecule has 6 aliphatic heterocycles. The molecule has 6 aliphatic rings. The summed E-state index contributed by atoms with van der Waals surface area (Å²) in [5.41, 5.74) is 6.75. The number of aromatic nitrogens is 4. The molecule has 0 saturated carbocycles. The minimum absolute atomic E-state index is 0.0142. The van der Waals surface area contributed by atoms with Gasteiger partial charge in [-0.1, -0.05) is 12.1 Å². The Balaban J connectivity index is 0.731. The number of alkyl halides is 2. The Morgan fingerprint density at radius 2 is 1.64 bits per heavy atom. The average Bonchev–Trinajstić information content (AvgIpc) is 4.01. The molecule has 0 aliphatic carbocycles. The van der Waals surface area contributed by atoms with Gasteiger partial charge in [0.2, 0.25) is 17.7 Å². The van der Waals surface area contributed by atoms with Gasteiger partial charge in [-0.15, -0.1) is 0 Å². The van der Waals surface area contributed by atoms with Crippen LogP contribution in [-0.4, -0.2) is 127 Å². The van der Waals surface area contributed by atoms with Crippen LogP contribution in [0.5, 0.6) is 0 Å². The van der Waals surface area contributed by atoms with E-state index in [-0.39, 0.29) is 36.3 Å². The smallest absolute Gasteiger partial charge is 0.264 e. The van der Waals surface area contributed by atoms with Gasteiger partial charge in [-0.2, -0.15) is 10.2 Å². The first-order valence-corrected chi connectivity index (χ1v) is 24.3. The maximum Gasteiger partial charge on any atom is 0.264 e. The number of imide groups is 2. The van der Waals surface area contributed by atoms with Gasteiger partial charge in [-0.25, -0.2) is 8.78 Å². The number of amides is 5. The standard InChI is InChI=1S/C50H60F2N10O5/c1-31(63)59-25-17-41-40(30-59)47(60-20-4-7-34-26-38(35-28-53-56(2)29-35)39(46(51)52)27-43(34)60)55-62(41)36-15-23-58(24-16-36)19-5-18-57-21-13-32(14-22-57)9-10-33-6-3-8-37-45(33)50(67)61(49(37)66)42-11-12-44(64)54-48(42)65/h3,6,8,26-29,32,36,42,46H,4-5,7,9-25,30H2,1-2H3,(H,54,64,65). The summed E-state index contributed by atoms with van der Waals surface area (Å²) in [6.45, 7) is 9.45. The zero-order valence-electron chi connectivity index (χ0n) is 38.5. The molecule has 354 valence electrons. The molecule has 3 saturated heterocycles. The zero-order chi connectivity index (χ0) is 46.5. The molecule has 17 heteroatoms. The Morgan fingerprint density at radius 3 is 2.34 bits per heavy atom. The Bertz CT molecular complexity index is 2590. The topological polar surface area (TPSA) is 149 Å². The third kappa shape index (κ3) is 8.80. The molecule has 0 radical (unpaired) electrons. The van der Waals surface area contributed by atoms with E-state index in [1.807, 2.05) is 23.1 Å². The fraction of sp³-hybridized carbons (Fsp3) is 0.540. The number of nitrogens with one attached hydrogen (secondary N) is 1. The van der Waals surface area contributed by atoms with Crippen molar-refractivity contribution in [3.63, 3.8) is 0 Å². The Labute approximate surface area is 389 Å².